The van der Waals surface area contributed by atoms with Crippen LogP contribution in [0.3, 0.4) is 0 Å². The lowest BCUT2D eigenvalue weighted by Gasteiger charge is -2.34. The largest absolute Gasteiger partial charge is 0.463 e. The van der Waals surface area contributed by atoms with Gasteiger partial charge in [0.15, 0.2) is 0 Å². The standard InChI is InChI=1S/C20H27N3O8/c1-5-28-16(24)20(17(25)29-6-2)21-15(14-12-10-9-11-13-14)22(18(26)30-7-3)23(20)19(27)31-8-4/h9-13,15,21H,5-8H2,1-4H3. The molecule has 11 nitrogen and oxygen atoms in total. The first-order valence-corrected chi connectivity index (χ1v) is 9.98. The fourth-order valence-electron chi connectivity index (χ4n) is 3.09. The zero-order valence-corrected chi connectivity index (χ0v) is 18.0. The number of hydrogen-bond acceptors (Lipinski definition) is 9. The first-order chi connectivity index (χ1) is 14.9. The Balaban J connectivity index is 2.75. The maximum absolute atomic E-state index is 13.1. The Kier molecular flexibility index (Phi) is 8.20. The predicted molar refractivity (Wildman–Crippen MR) is 106 cm³/mol. The highest BCUT2D eigenvalue weighted by Gasteiger charge is 2.67. The number of amides is 2. The van der Waals surface area contributed by atoms with Crippen LogP contribution in [0.1, 0.15) is 39.4 Å². The van der Waals surface area contributed by atoms with Crippen LogP contribution in [0, 0.1) is 0 Å². The van der Waals surface area contributed by atoms with E-state index in [4.69, 9.17) is 18.9 Å². The Labute approximate surface area is 180 Å². The van der Waals surface area contributed by atoms with Gasteiger partial charge in [0.2, 0.25) is 0 Å². The van der Waals surface area contributed by atoms with E-state index in [1.807, 2.05) is 0 Å². The van der Waals surface area contributed by atoms with E-state index in [0.29, 0.717) is 10.6 Å². The van der Waals surface area contributed by atoms with Gasteiger partial charge >= 0.3 is 29.8 Å². The maximum Gasteiger partial charge on any atom is 0.431 e. The van der Waals surface area contributed by atoms with E-state index >= 15 is 0 Å². The summed E-state index contributed by atoms with van der Waals surface area (Å²) in [4.78, 5) is 52.1. The summed E-state index contributed by atoms with van der Waals surface area (Å²) in [7, 11) is 0. The van der Waals surface area contributed by atoms with Gasteiger partial charge in [0.25, 0.3) is 0 Å². The molecule has 1 aromatic rings. The Bertz CT molecular complexity index is 783. The summed E-state index contributed by atoms with van der Waals surface area (Å²) in [5.74, 6) is -2.26. The van der Waals surface area contributed by atoms with E-state index in [0.717, 1.165) is 5.01 Å². The van der Waals surface area contributed by atoms with Crippen molar-refractivity contribution in [2.24, 2.45) is 0 Å². The molecule has 0 aromatic heterocycles. The number of esters is 2. The van der Waals surface area contributed by atoms with Gasteiger partial charge in [-0.25, -0.2) is 24.5 Å². The molecule has 0 bridgehead atoms. The fourth-order valence-corrected chi connectivity index (χ4v) is 3.09. The minimum atomic E-state index is -2.51. The van der Waals surface area contributed by atoms with E-state index in [9.17, 15) is 19.2 Å². The second-order valence-electron chi connectivity index (χ2n) is 6.16. The predicted octanol–water partition coefficient (Wildman–Crippen LogP) is 1.94. The Hall–Kier alpha value is -3.34. The fraction of sp³-hybridized carbons (Fsp3) is 0.500. The lowest BCUT2D eigenvalue weighted by Crippen LogP contribution is -2.68. The van der Waals surface area contributed by atoms with E-state index in [1.54, 1.807) is 44.2 Å². The average Bonchev–Trinajstić information content (AvgIpc) is 3.13. The number of nitrogens with zero attached hydrogens (tertiary/aromatic N) is 2. The molecule has 11 heteroatoms. The topological polar surface area (TPSA) is 124 Å². The minimum absolute atomic E-state index is 0.0146. The third-order valence-electron chi connectivity index (χ3n) is 4.28. The molecule has 2 rings (SSSR count). The molecule has 1 aromatic carbocycles. The van der Waals surface area contributed by atoms with Gasteiger partial charge in [0.05, 0.1) is 26.4 Å². The Morgan fingerprint density at radius 3 is 1.77 bits per heavy atom. The first kappa shape index (κ1) is 23.9. The van der Waals surface area contributed by atoms with Gasteiger partial charge in [-0.1, -0.05) is 30.3 Å². The van der Waals surface area contributed by atoms with Crippen molar-refractivity contribution in [3.63, 3.8) is 0 Å². The third kappa shape index (κ3) is 4.55. The SMILES string of the molecule is CCOC(=O)N1C(c2ccccc2)NC(C(=O)OCC)(C(=O)OCC)N1C(=O)OCC. The number of carbonyl (C=O) groups is 4. The van der Waals surface area contributed by atoms with Crippen LogP contribution in [0.4, 0.5) is 9.59 Å². The molecule has 1 aliphatic rings. The van der Waals surface area contributed by atoms with Crippen molar-refractivity contribution < 1.29 is 38.1 Å². The van der Waals surface area contributed by atoms with Gasteiger partial charge in [0, 0.05) is 0 Å². The van der Waals surface area contributed by atoms with Crippen molar-refractivity contribution >= 4 is 24.1 Å². The number of carbonyl (C=O) groups excluding carboxylic acids is 4. The molecule has 0 spiro atoms. The van der Waals surface area contributed by atoms with Crippen LogP contribution in [-0.4, -0.2) is 66.2 Å². The number of hydrogen-bond donors (Lipinski definition) is 1. The summed E-state index contributed by atoms with van der Waals surface area (Å²) >= 11 is 0. The molecule has 1 unspecified atom stereocenters. The molecule has 1 saturated heterocycles. The van der Waals surface area contributed by atoms with E-state index in [2.05, 4.69) is 5.32 Å². The average molecular weight is 437 g/mol. The van der Waals surface area contributed by atoms with Crippen LogP contribution in [0.2, 0.25) is 0 Å². The van der Waals surface area contributed by atoms with Crippen LogP contribution in [-0.2, 0) is 28.5 Å². The molecule has 0 saturated carbocycles. The molecule has 2 amide bonds. The Morgan fingerprint density at radius 2 is 1.29 bits per heavy atom. The molecule has 1 fully saturated rings. The molecule has 0 aliphatic carbocycles. The zero-order chi connectivity index (χ0) is 23.0. The Morgan fingerprint density at radius 1 is 0.806 bits per heavy atom. The van der Waals surface area contributed by atoms with Gasteiger partial charge in [-0.2, -0.15) is 10.0 Å². The van der Waals surface area contributed by atoms with Gasteiger partial charge in [0.1, 0.15) is 6.17 Å². The van der Waals surface area contributed by atoms with Crippen LogP contribution in [0.15, 0.2) is 30.3 Å². The van der Waals surface area contributed by atoms with Crippen LogP contribution in [0.25, 0.3) is 0 Å². The molecule has 170 valence electrons. The first-order valence-electron chi connectivity index (χ1n) is 9.98. The number of benzene rings is 1. The van der Waals surface area contributed by atoms with Crippen molar-refractivity contribution in [3.05, 3.63) is 35.9 Å². The minimum Gasteiger partial charge on any atom is -0.463 e. The molecular formula is C20H27N3O8. The van der Waals surface area contributed by atoms with E-state index in [1.165, 1.54) is 13.8 Å². The van der Waals surface area contributed by atoms with Crippen molar-refractivity contribution in [2.45, 2.75) is 39.5 Å². The highest BCUT2D eigenvalue weighted by atomic mass is 16.6. The summed E-state index contributed by atoms with van der Waals surface area (Å²) in [6.07, 6.45) is -3.26. The summed E-state index contributed by atoms with van der Waals surface area (Å²) in [5.41, 5.74) is -2.04. The van der Waals surface area contributed by atoms with Crippen LogP contribution >= 0.6 is 0 Å². The smallest absolute Gasteiger partial charge is 0.431 e. The lowest BCUT2D eigenvalue weighted by molar-refractivity contribution is -0.179. The summed E-state index contributed by atoms with van der Waals surface area (Å²) in [6, 6.07) is 8.45. The van der Waals surface area contributed by atoms with Crippen LogP contribution in [0.5, 0.6) is 0 Å². The number of rotatable bonds is 7. The van der Waals surface area contributed by atoms with Gasteiger partial charge in [-0.15, -0.1) is 0 Å². The second-order valence-corrected chi connectivity index (χ2v) is 6.16. The number of hydrazine groups is 1. The zero-order valence-electron chi connectivity index (χ0n) is 18.0. The van der Waals surface area contributed by atoms with Gasteiger partial charge < -0.3 is 18.9 Å². The van der Waals surface area contributed by atoms with E-state index in [-0.39, 0.29) is 26.4 Å². The highest BCUT2D eigenvalue weighted by molar-refractivity contribution is 6.07. The quantitative estimate of drug-likeness (QED) is 0.387. The third-order valence-corrected chi connectivity index (χ3v) is 4.28. The molecule has 0 radical (unpaired) electrons. The molecule has 31 heavy (non-hydrogen) atoms. The highest BCUT2D eigenvalue weighted by Crippen LogP contribution is 2.37. The second kappa shape index (κ2) is 10.6. The van der Waals surface area contributed by atoms with Gasteiger partial charge in [-0.3, -0.25) is 0 Å². The normalized spacial score (nSPS) is 17.1. The summed E-state index contributed by atoms with van der Waals surface area (Å²) in [5, 5.41) is 4.17. The molecule has 1 atom stereocenters. The van der Waals surface area contributed by atoms with E-state index < -0.39 is 36.0 Å². The van der Waals surface area contributed by atoms with Crippen molar-refractivity contribution in [1.82, 2.24) is 15.3 Å². The molecular weight excluding hydrogens is 410 g/mol. The molecule has 1 heterocycles. The number of ether oxygens (including phenoxy) is 4. The molecule has 1 aliphatic heterocycles. The summed E-state index contributed by atoms with van der Waals surface area (Å²) < 4.78 is 20.4. The molecule has 1 N–H and O–H groups in total. The van der Waals surface area contributed by atoms with Gasteiger partial charge in [-0.05, 0) is 33.3 Å². The monoisotopic (exact) mass is 437 g/mol. The number of nitrogens with one attached hydrogen (secondary N) is 1. The lowest BCUT2D eigenvalue weighted by atomic mass is 10.1. The van der Waals surface area contributed by atoms with Crippen LogP contribution < -0.4 is 5.32 Å². The van der Waals surface area contributed by atoms with Crippen molar-refractivity contribution in [2.75, 3.05) is 26.4 Å². The van der Waals surface area contributed by atoms with Crippen molar-refractivity contribution in [1.29, 1.82) is 0 Å². The van der Waals surface area contributed by atoms with Crippen molar-refractivity contribution in [3.8, 4) is 0 Å². The summed E-state index contributed by atoms with van der Waals surface area (Å²) in [6.45, 7) is 5.93. The maximum atomic E-state index is 13.1.